The first-order valence-electron chi connectivity index (χ1n) is 11.3. The lowest BCUT2D eigenvalue weighted by atomic mass is 10.2. The summed E-state index contributed by atoms with van der Waals surface area (Å²) in [5.74, 6) is 1.48. The van der Waals surface area contributed by atoms with Gasteiger partial charge in [0, 0.05) is 28.5 Å². The van der Waals surface area contributed by atoms with Crippen molar-refractivity contribution in [3.8, 4) is 11.5 Å². The highest BCUT2D eigenvalue weighted by Crippen LogP contribution is 2.35. The van der Waals surface area contributed by atoms with Crippen LogP contribution in [0.4, 0.5) is 0 Å². The van der Waals surface area contributed by atoms with Gasteiger partial charge in [0.2, 0.25) is 0 Å². The van der Waals surface area contributed by atoms with E-state index in [1.807, 2.05) is 12.1 Å². The van der Waals surface area contributed by atoms with E-state index in [9.17, 15) is 0 Å². The van der Waals surface area contributed by atoms with E-state index in [0.29, 0.717) is 13.2 Å². The van der Waals surface area contributed by atoms with Crippen molar-refractivity contribution in [1.82, 2.24) is 14.5 Å². The van der Waals surface area contributed by atoms with E-state index in [4.69, 9.17) is 19.4 Å². The fourth-order valence-electron chi connectivity index (χ4n) is 3.87. The molecule has 0 aliphatic carbocycles. The summed E-state index contributed by atoms with van der Waals surface area (Å²) in [6, 6.07) is 10.3. The third-order valence-corrected chi connectivity index (χ3v) is 5.87. The zero-order chi connectivity index (χ0) is 21.8. The molecule has 31 heavy (non-hydrogen) atoms. The van der Waals surface area contributed by atoms with Crippen LogP contribution in [0.5, 0.6) is 11.5 Å². The van der Waals surface area contributed by atoms with Crippen LogP contribution in [0.25, 0.3) is 33.1 Å². The van der Waals surface area contributed by atoms with Crippen LogP contribution in [0.1, 0.15) is 52.9 Å². The molecule has 0 saturated carbocycles. The molecule has 0 spiro atoms. The second-order valence-electron chi connectivity index (χ2n) is 7.90. The minimum atomic E-state index is 0.646. The van der Waals surface area contributed by atoms with Gasteiger partial charge in [-0.05, 0) is 37.5 Å². The number of rotatable bonds is 10. The number of aromatic nitrogens is 3. The molecule has 164 valence electrons. The molecule has 4 aromatic rings. The van der Waals surface area contributed by atoms with Gasteiger partial charge in [-0.3, -0.25) is 0 Å². The summed E-state index contributed by atoms with van der Waals surface area (Å²) >= 11 is 3.62. The summed E-state index contributed by atoms with van der Waals surface area (Å²) < 4.78 is 15.3. The highest BCUT2D eigenvalue weighted by Gasteiger charge is 2.17. The van der Waals surface area contributed by atoms with Crippen molar-refractivity contribution in [1.29, 1.82) is 0 Å². The molecule has 0 fully saturated rings. The molecule has 0 N–H and O–H groups in total. The Balaban J connectivity index is 1.92. The van der Waals surface area contributed by atoms with Crippen LogP contribution < -0.4 is 9.47 Å². The Labute approximate surface area is 191 Å². The van der Waals surface area contributed by atoms with E-state index >= 15 is 0 Å². The van der Waals surface area contributed by atoms with Gasteiger partial charge in [0.05, 0.1) is 29.8 Å². The van der Waals surface area contributed by atoms with Crippen molar-refractivity contribution < 1.29 is 9.47 Å². The number of halogens is 1. The second kappa shape index (κ2) is 9.86. The molecule has 2 aromatic carbocycles. The second-order valence-corrected chi connectivity index (χ2v) is 8.82. The average molecular weight is 484 g/mol. The number of benzene rings is 2. The molecule has 0 atom stereocenters. The van der Waals surface area contributed by atoms with Crippen LogP contribution in [0.3, 0.4) is 0 Å². The molecule has 2 aromatic heterocycles. The maximum atomic E-state index is 5.98. The molecule has 5 nitrogen and oxygen atoms in total. The summed E-state index contributed by atoms with van der Waals surface area (Å²) in [6.45, 7) is 8.66. The smallest absolute Gasteiger partial charge is 0.163 e. The highest BCUT2D eigenvalue weighted by molar-refractivity contribution is 9.10. The summed E-state index contributed by atoms with van der Waals surface area (Å²) in [6.07, 6.45) is 5.40. The molecular formula is C25H30BrN3O2. The van der Waals surface area contributed by atoms with Gasteiger partial charge in [0.1, 0.15) is 5.52 Å². The van der Waals surface area contributed by atoms with Crippen LogP contribution in [0.15, 0.2) is 34.8 Å². The Hall–Kier alpha value is -2.34. The fraction of sp³-hybridized carbons (Fsp3) is 0.440. The summed E-state index contributed by atoms with van der Waals surface area (Å²) in [5.41, 5.74) is 4.70. The average Bonchev–Trinajstić information content (AvgIpc) is 3.06. The number of aryl methyl sites for hydroxylation is 1. The first-order chi connectivity index (χ1) is 15.2. The van der Waals surface area contributed by atoms with E-state index in [1.54, 1.807) is 0 Å². The molecule has 0 unspecified atom stereocenters. The van der Waals surface area contributed by atoms with E-state index in [0.717, 1.165) is 69.4 Å². The van der Waals surface area contributed by atoms with Gasteiger partial charge < -0.3 is 14.0 Å². The first-order valence-corrected chi connectivity index (χ1v) is 12.1. The third-order valence-electron chi connectivity index (χ3n) is 5.38. The van der Waals surface area contributed by atoms with Gasteiger partial charge in [0.25, 0.3) is 0 Å². The quantitative estimate of drug-likeness (QED) is 0.222. The Kier molecular flexibility index (Phi) is 6.96. The number of hydrogen-bond donors (Lipinski definition) is 0. The fourth-order valence-corrected chi connectivity index (χ4v) is 4.23. The van der Waals surface area contributed by atoms with Crippen molar-refractivity contribution in [2.75, 3.05) is 13.2 Å². The van der Waals surface area contributed by atoms with Gasteiger partial charge in [-0.1, -0.05) is 49.5 Å². The third kappa shape index (κ3) is 4.49. The van der Waals surface area contributed by atoms with Crippen LogP contribution in [-0.2, 0) is 6.54 Å². The largest absolute Gasteiger partial charge is 0.490 e. The first kappa shape index (κ1) is 21.9. The molecule has 4 rings (SSSR count). The van der Waals surface area contributed by atoms with Crippen molar-refractivity contribution in [3.63, 3.8) is 0 Å². The molecular weight excluding hydrogens is 454 g/mol. The van der Waals surface area contributed by atoms with Crippen molar-refractivity contribution in [3.05, 3.63) is 34.8 Å². The lowest BCUT2D eigenvalue weighted by Gasteiger charge is -2.13. The zero-order valence-electron chi connectivity index (χ0n) is 18.6. The van der Waals surface area contributed by atoms with Gasteiger partial charge in [-0.2, -0.15) is 0 Å². The normalized spacial score (nSPS) is 11.6. The zero-order valence-corrected chi connectivity index (χ0v) is 20.2. The minimum Gasteiger partial charge on any atom is -0.490 e. The molecule has 0 radical (unpaired) electrons. The van der Waals surface area contributed by atoms with Crippen LogP contribution in [-0.4, -0.2) is 27.7 Å². The Morgan fingerprint density at radius 3 is 2.16 bits per heavy atom. The molecule has 0 amide bonds. The van der Waals surface area contributed by atoms with Crippen LogP contribution in [0.2, 0.25) is 0 Å². The van der Waals surface area contributed by atoms with Crippen molar-refractivity contribution >= 4 is 49.0 Å². The number of ether oxygens (including phenoxy) is 2. The molecule has 2 heterocycles. The summed E-state index contributed by atoms with van der Waals surface area (Å²) in [4.78, 5) is 10.1. The van der Waals surface area contributed by atoms with E-state index in [-0.39, 0.29) is 0 Å². The van der Waals surface area contributed by atoms with Crippen molar-refractivity contribution in [2.45, 2.75) is 59.4 Å². The van der Waals surface area contributed by atoms with Crippen molar-refractivity contribution in [2.24, 2.45) is 0 Å². The Morgan fingerprint density at radius 2 is 1.52 bits per heavy atom. The van der Waals surface area contributed by atoms with Crippen LogP contribution >= 0.6 is 15.9 Å². The lowest BCUT2D eigenvalue weighted by molar-refractivity contribution is 0.269. The standard InChI is InChI=1S/C25H30BrN3O2/c1-4-7-8-11-29-21-10-9-17(26)14-18(21)24-25(29)28-20-16-23(31-13-6-3)22(30-12-5-2)15-19(20)27-24/h9-10,14-16H,4-8,11-13H2,1-3H3. The van der Waals surface area contributed by atoms with Gasteiger partial charge >= 0.3 is 0 Å². The number of nitrogens with zero attached hydrogens (tertiary/aromatic N) is 3. The maximum absolute atomic E-state index is 5.98. The Morgan fingerprint density at radius 1 is 0.839 bits per heavy atom. The Bertz CT molecular complexity index is 1200. The monoisotopic (exact) mass is 483 g/mol. The highest BCUT2D eigenvalue weighted by atomic mass is 79.9. The van der Waals surface area contributed by atoms with E-state index in [1.165, 1.54) is 18.4 Å². The SMILES string of the molecule is CCCCCn1c2ccc(Br)cc2c2nc3cc(OCCC)c(OCCC)cc3nc21. The molecule has 6 heteroatoms. The molecule has 0 aliphatic heterocycles. The summed E-state index contributed by atoms with van der Waals surface area (Å²) in [7, 11) is 0. The van der Waals surface area contributed by atoms with Gasteiger partial charge in [-0.25, -0.2) is 9.97 Å². The number of unbranched alkanes of at least 4 members (excludes halogenated alkanes) is 2. The maximum Gasteiger partial charge on any atom is 0.163 e. The lowest BCUT2D eigenvalue weighted by Crippen LogP contribution is -2.03. The number of fused-ring (bicyclic) bond motifs is 4. The summed E-state index contributed by atoms with van der Waals surface area (Å²) in [5, 5.41) is 1.12. The predicted molar refractivity (Wildman–Crippen MR) is 131 cm³/mol. The van der Waals surface area contributed by atoms with Gasteiger partial charge in [0.15, 0.2) is 17.1 Å². The topological polar surface area (TPSA) is 49.2 Å². The van der Waals surface area contributed by atoms with E-state index in [2.05, 4.69) is 59.5 Å². The van der Waals surface area contributed by atoms with Gasteiger partial charge in [-0.15, -0.1) is 0 Å². The van der Waals surface area contributed by atoms with Crippen LogP contribution in [0, 0.1) is 0 Å². The number of hydrogen-bond acceptors (Lipinski definition) is 4. The minimum absolute atomic E-state index is 0.646. The predicted octanol–water partition coefficient (Wildman–Crippen LogP) is 7.27. The molecule has 0 saturated heterocycles. The molecule has 0 aliphatic rings. The molecule has 0 bridgehead atoms. The van der Waals surface area contributed by atoms with E-state index < -0.39 is 0 Å².